The van der Waals surface area contributed by atoms with Gasteiger partial charge in [0.1, 0.15) is 5.69 Å². The Kier molecular flexibility index (Phi) is 2.75. The van der Waals surface area contributed by atoms with E-state index in [-0.39, 0.29) is 10.7 Å². The smallest absolute Gasteiger partial charge is 0.281 e. The molecule has 0 fully saturated rings. The number of nitrogens with zero attached hydrogens (tertiary/aromatic N) is 2. The van der Waals surface area contributed by atoms with Crippen molar-refractivity contribution in [2.45, 2.75) is 11.9 Å². The van der Waals surface area contributed by atoms with Crippen molar-refractivity contribution >= 4 is 21.8 Å². The maximum absolute atomic E-state index is 11.0. The van der Waals surface area contributed by atoms with Gasteiger partial charge in [0.25, 0.3) is 0 Å². The fourth-order valence-electron chi connectivity index (χ4n) is 1.32. The van der Waals surface area contributed by atoms with Crippen LogP contribution in [-0.4, -0.2) is 21.7 Å². The Labute approximate surface area is 96.8 Å². The Balaban J connectivity index is 2.62. The van der Waals surface area contributed by atoms with Crippen LogP contribution in [0.1, 0.15) is 5.56 Å². The molecule has 0 amide bonds. The second-order valence-electron chi connectivity index (χ2n) is 3.26. The predicted molar refractivity (Wildman–Crippen MR) is 59.9 cm³/mol. The first-order chi connectivity index (χ1) is 7.48. The molecule has 0 saturated heterocycles. The van der Waals surface area contributed by atoms with Crippen LogP contribution in [0.3, 0.4) is 0 Å². The van der Waals surface area contributed by atoms with Crippen molar-refractivity contribution in [3.05, 3.63) is 29.8 Å². The van der Waals surface area contributed by atoms with E-state index in [2.05, 4.69) is 8.75 Å². The molecule has 0 unspecified atom stereocenters. The van der Waals surface area contributed by atoms with Gasteiger partial charge < -0.3 is 0 Å². The molecule has 0 radical (unpaired) electrons. The Morgan fingerprint density at radius 2 is 2.06 bits per heavy atom. The molecule has 0 spiro atoms. The van der Waals surface area contributed by atoms with Crippen molar-refractivity contribution in [2.24, 2.45) is 0 Å². The zero-order valence-corrected chi connectivity index (χ0v) is 9.92. The minimum absolute atomic E-state index is 0.191. The molecule has 1 aromatic heterocycles. The van der Waals surface area contributed by atoms with Crippen LogP contribution < -0.4 is 0 Å². The van der Waals surface area contributed by atoms with Crippen molar-refractivity contribution < 1.29 is 13.0 Å². The van der Waals surface area contributed by atoms with Crippen LogP contribution in [0, 0.1) is 6.92 Å². The number of benzene rings is 1. The van der Waals surface area contributed by atoms with E-state index in [0.29, 0.717) is 5.56 Å². The third-order valence-electron chi connectivity index (χ3n) is 1.99. The number of hydrogen-bond acceptors (Lipinski definition) is 5. The molecule has 0 saturated carbocycles. The van der Waals surface area contributed by atoms with E-state index < -0.39 is 10.1 Å². The topological polar surface area (TPSA) is 80.2 Å². The summed E-state index contributed by atoms with van der Waals surface area (Å²) in [6, 6.07) is 7.18. The van der Waals surface area contributed by atoms with Gasteiger partial charge in [0.15, 0.2) is 0 Å². The zero-order valence-electron chi connectivity index (χ0n) is 8.28. The van der Waals surface area contributed by atoms with Gasteiger partial charge in [-0.3, -0.25) is 4.55 Å². The second-order valence-corrected chi connectivity index (χ2v) is 5.13. The summed E-state index contributed by atoms with van der Waals surface area (Å²) < 4.78 is 38.5. The van der Waals surface area contributed by atoms with Gasteiger partial charge in [-0.05, 0) is 13.0 Å². The number of rotatable bonds is 2. The molecular formula is C9H8N2O3S2. The normalized spacial score (nSPS) is 11.6. The van der Waals surface area contributed by atoms with Crippen LogP contribution in [0.4, 0.5) is 0 Å². The molecule has 5 nitrogen and oxygen atoms in total. The van der Waals surface area contributed by atoms with E-state index in [4.69, 9.17) is 4.55 Å². The Bertz CT molecular complexity index is 619. The van der Waals surface area contributed by atoms with Crippen molar-refractivity contribution in [1.82, 2.24) is 8.75 Å². The first-order valence-electron chi connectivity index (χ1n) is 4.35. The molecular weight excluding hydrogens is 248 g/mol. The van der Waals surface area contributed by atoms with Gasteiger partial charge >= 0.3 is 10.1 Å². The zero-order chi connectivity index (χ0) is 11.8. The van der Waals surface area contributed by atoms with E-state index in [0.717, 1.165) is 17.3 Å². The van der Waals surface area contributed by atoms with Gasteiger partial charge in [0.05, 0.1) is 11.7 Å². The third kappa shape index (κ3) is 2.11. The van der Waals surface area contributed by atoms with Gasteiger partial charge in [-0.25, -0.2) is 0 Å². The van der Waals surface area contributed by atoms with Gasteiger partial charge in [-0.1, -0.05) is 23.8 Å². The predicted octanol–water partition coefficient (Wildman–Crippen LogP) is 1.76. The highest BCUT2D eigenvalue weighted by Crippen LogP contribution is 2.25. The quantitative estimate of drug-likeness (QED) is 0.828. The lowest BCUT2D eigenvalue weighted by Crippen LogP contribution is -2.00. The SMILES string of the molecule is Cc1cccc(-c2nsnc2S(=O)(=O)O)c1. The van der Waals surface area contributed by atoms with E-state index >= 15 is 0 Å². The summed E-state index contributed by atoms with van der Waals surface area (Å²) in [5.74, 6) is 0. The summed E-state index contributed by atoms with van der Waals surface area (Å²) in [4.78, 5) is 0. The van der Waals surface area contributed by atoms with Crippen molar-refractivity contribution in [3.63, 3.8) is 0 Å². The van der Waals surface area contributed by atoms with E-state index in [1.54, 1.807) is 18.2 Å². The monoisotopic (exact) mass is 256 g/mol. The maximum atomic E-state index is 11.0. The summed E-state index contributed by atoms with van der Waals surface area (Å²) in [6.45, 7) is 1.89. The minimum Gasteiger partial charge on any atom is -0.281 e. The molecule has 1 heterocycles. The molecule has 1 aromatic carbocycles. The number of hydrogen-bond donors (Lipinski definition) is 1. The van der Waals surface area contributed by atoms with Crippen LogP contribution in [0.5, 0.6) is 0 Å². The first-order valence-corrected chi connectivity index (χ1v) is 6.52. The van der Waals surface area contributed by atoms with E-state index in [1.165, 1.54) is 0 Å². The number of aryl methyl sites for hydroxylation is 1. The third-order valence-corrected chi connectivity index (χ3v) is 3.41. The van der Waals surface area contributed by atoms with Gasteiger partial charge in [0, 0.05) is 5.56 Å². The average Bonchev–Trinajstić information content (AvgIpc) is 2.65. The highest BCUT2D eigenvalue weighted by Gasteiger charge is 2.21. The van der Waals surface area contributed by atoms with Crippen molar-refractivity contribution in [3.8, 4) is 11.3 Å². The van der Waals surface area contributed by atoms with Gasteiger partial charge in [-0.15, -0.1) is 0 Å². The van der Waals surface area contributed by atoms with Crippen molar-refractivity contribution in [2.75, 3.05) is 0 Å². The summed E-state index contributed by atoms with van der Waals surface area (Å²) in [7, 11) is -4.31. The molecule has 0 aliphatic carbocycles. The summed E-state index contributed by atoms with van der Waals surface area (Å²) >= 11 is 0.755. The summed E-state index contributed by atoms with van der Waals surface area (Å²) in [5, 5.41) is -0.386. The standard InChI is InChI=1S/C9H8N2O3S2/c1-6-3-2-4-7(5-6)8-9(11-15-10-8)16(12,13)14/h2-5H,1H3,(H,12,13,14). The Morgan fingerprint density at radius 3 is 2.69 bits per heavy atom. The second kappa shape index (κ2) is 3.93. The minimum atomic E-state index is -4.31. The molecule has 2 aromatic rings. The highest BCUT2D eigenvalue weighted by molar-refractivity contribution is 7.86. The molecule has 7 heteroatoms. The number of aromatic nitrogens is 2. The molecule has 0 atom stereocenters. The highest BCUT2D eigenvalue weighted by atomic mass is 32.2. The lowest BCUT2D eigenvalue weighted by molar-refractivity contribution is 0.480. The van der Waals surface area contributed by atoms with E-state index in [9.17, 15) is 8.42 Å². The van der Waals surface area contributed by atoms with Gasteiger partial charge in [-0.2, -0.15) is 17.2 Å². The van der Waals surface area contributed by atoms with Crippen LogP contribution in [0.2, 0.25) is 0 Å². The van der Waals surface area contributed by atoms with Crippen LogP contribution >= 0.6 is 11.7 Å². The molecule has 2 rings (SSSR count). The largest absolute Gasteiger partial charge is 0.315 e. The molecule has 0 aliphatic rings. The van der Waals surface area contributed by atoms with Crippen LogP contribution in [0.15, 0.2) is 29.3 Å². The average molecular weight is 256 g/mol. The molecule has 0 aliphatic heterocycles. The summed E-state index contributed by atoms with van der Waals surface area (Å²) in [5.41, 5.74) is 1.80. The molecule has 1 N–H and O–H groups in total. The van der Waals surface area contributed by atoms with E-state index in [1.807, 2.05) is 13.0 Å². The maximum Gasteiger partial charge on any atom is 0.315 e. The lowest BCUT2D eigenvalue weighted by atomic mass is 10.1. The summed E-state index contributed by atoms with van der Waals surface area (Å²) in [6.07, 6.45) is 0. The lowest BCUT2D eigenvalue weighted by Gasteiger charge is -1.99. The molecule has 16 heavy (non-hydrogen) atoms. The molecule has 0 bridgehead atoms. The van der Waals surface area contributed by atoms with Crippen LogP contribution in [-0.2, 0) is 10.1 Å². The fourth-order valence-corrected chi connectivity index (χ4v) is 2.74. The Hall–Kier alpha value is -1.31. The van der Waals surface area contributed by atoms with Crippen molar-refractivity contribution in [1.29, 1.82) is 0 Å². The fraction of sp³-hybridized carbons (Fsp3) is 0.111. The van der Waals surface area contributed by atoms with Gasteiger partial charge in [0.2, 0.25) is 5.03 Å². The molecule has 84 valence electrons. The van der Waals surface area contributed by atoms with Crippen LogP contribution in [0.25, 0.3) is 11.3 Å². The first kappa shape index (κ1) is 11.2. The Morgan fingerprint density at radius 1 is 1.31 bits per heavy atom.